The number of nitrogens with zero attached hydrogens (tertiary/aromatic N) is 3. The number of hydrogen-bond donors (Lipinski definition) is 2. The van der Waals surface area contributed by atoms with Gasteiger partial charge in [0.25, 0.3) is 5.91 Å². The van der Waals surface area contributed by atoms with Gasteiger partial charge in [0.1, 0.15) is 5.82 Å². The van der Waals surface area contributed by atoms with Crippen LogP contribution in [0.1, 0.15) is 23.7 Å². The van der Waals surface area contributed by atoms with Crippen molar-refractivity contribution in [2.45, 2.75) is 13.3 Å². The van der Waals surface area contributed by atoms with Gasteiger partial charge in [-0.15, -0.1) is 0 Å². The Morgan fingerprint density at radius 3 is 2.71 bits per heavy atom. The van der Waals surface area contributed by atoms with Gasteiger partial charge in [-0.1, -0.05) is 6.92 Å². The van der Waals surface area contributed by atoms with Gasteiger partial charge in [0.05, 0.1) is 5.56 Å². The number of hydrogen-bond acceptors (Lipinski definition) is 5. The number of pyridine rings is 1. The summed E-state index contributed by atoms with van der Waals surface area (Å²) in [6.45, 7) is 9.58. The molecule has 0 spiro atoms. The van der Waals surface area contributed by atoms with Crippen LogP contribution in [0.15, 0.2) is 18.3 Å². The van der Waals surface area contributed by atoms with Crippen molar-refractivity contribution in [3.8, 4) is 0 Å². The standard InChI is InChI=1S/C15H25N5O/c1-2-19-9-11-20(12-10-19)8-4-7-18-15(21)13-5-3-6-17-14(13)16/h3,5-6H,2,4,7-12H2,1H3,(H2,16,17)(H,18,21). The van der Waals surface area contributed by atoms with E-state index < -0.39 is 0 Å². The number of amides is 1. The van der Waals surface area contributed by atoms with Crippen LogP contribution in [-0.2, 0) is 0 Å². The van der Waals surface area contributed by atoms with E-state index in [0.29, 0.717) is 12.1 Å². The molecule has 2 heterocycles. The predicted octanol–water partition coefficient (Wildman–Crippen LogP) is 0.421. The van der Waals surface area contributed by atoms with Gasteiger partial charge in [-0.05, 0) is 31.6 Å². The third-order valence-electron chi connectivity index (χ3n) is 3.93. The van der Waals surface area contributed by atoms with E-state index in [2.05, 4.69) is 27.0 Å². The zero-order valence-corrected chi connectivity index (χ0v) is 12.7. The highest BCUT2D eigenvalue weighted by Gasteiger charge is 2.15. The number of nitrogen functional groups attached to an aromatic ring is 1. The van der Waals surface area contributed by atoms with Crippen LogP contribution in [0.25, 0.3) is 0 Å². The molecule has 1 fully saturated rings. The van der Waals surface area contributed by atoms with E-state index in [1.165, 1.54) is 0 Å². The molecular formula is C15H25N5O. The summed E-state index contributed by atoms with van der Waals surface area (Å²) in [6.07, 6.45) is 2.54. The van der Waals surface area contributed by atoms with Crippen molar-refractivity contribution in [2.24, 2.45) is 0 Å². The normalized spacial score (nSPS) is 16.8. The highest BCUT2D eigenvalue weighted by molar-refractivity contribution is 5.98. The van der Waals surface area contributed by atoms with E-state index in [0.717, 1.165) is 45.7 Å². The molecule has 0 radical (unpaired) electrons. The number of carbonyl (C=O) groups excluding carboxylic acids is 1. The Balaban J connectivity index is 1.64. The molecule has 3 N–H and O–H groups in total. The number of rotatable bonds is 6. The zero-order valence-electron chi connectivity index (χ0n) is 12.7. The fourth-order valence-corrected chi connectivity index (χ4v) is 2.54. The summed E-state index contributed by atoms with van der Waals surface area (Å²) < 4.78 is 0. The van der Waals surface area contributed by atoms with Gasteiger partial charge in [0.15, 0.2) is 0 Å². The summed E-state index contributed by atoms with van der Waals surface area (Å²) in [7, 11) is 0. The molecule has 6 heteroatoms. The largest absolute Gasteiger partial charge is 0.383 e. The Labute approximate surface area is 126 Å². The van der Waals surface area contributed by atoms with E-state index in [-0.39, 0.29) is 11.7 Å². The van der Waals surface area contributed by atoms with Crippen LogP contribution in [0.2, 0.25) is 0 Å². The van der Waals surface area contributed by atoms with Crippen LogP contribution in [-0.4, -0.2) is 66.5 Å². The van der Waals surface area contributed by atoms with Gasteiger partial charge in [0, 0.05) is 38.9 Å². The monoisotopic (exact) mass is 291 g/mol. The van der Waals surface area contributed by atoms with Crippen LogP contribution in [0.3, 0.4) is 0 Å². The first-order chi connectivity index (χ1) is 10.2. The Morgan fingerprint density at radius 1 is 1.33 bits per heavy atom. The van der Waals surface area contributed by atoms with Crippen LogP contribution < -0.4 is 11.1 Å². The Hall–Kier alpha value is -1.66. The first kappa shape index (κ1) is 15.7. The number of piperazine rings is 1. The van der Waals surface area contributed by atoms with Gasteiger partial charge >= 0.3 is 0 Å². The van der Waals surface area contributed by atoms with Gasteiger partial charge in [-0.25, -0.2) is 4.98 Å². The molecule has 0 atom stereocenters. The second-order valence-electron chi connectivity index (χ2n) is 5.32. The number of nitrogens with one attached hydrogen (secondary N) is 1. The molecule has 6 nitrogen and oxygen atoms in total. The molecule has 0 bridgehead atoms. The highest BCUT2D eigenvalue weighted by Crippen LogP contribution is 2.06. The number of likely N-dealkylation sites (N-methyl/N-ethyl adjacent to an activating group) is 1. The van der Waals surface area contributed by atoms with Crippen molar-refractivity contribution in [2.75, 3.05) is 51.5 Å². The van der Waals surface area contributed by atoms with Gasteiger partial charge in [-0.3, -0.25) is 4.79 Å². The van der Waals surface area contributed by atoms with Crippen molar-refractivity contribution in [3.63, 3.8) is 0 Å². The van der Waals surface area contributed by atoms with Gasteiger partial charge < -0.3 is 20.9 Å². The smallest absolute Gasteiger partial charge is 0.255 e. The molecule has 1 aromatic rings. The minimum atomic E-state index is -0.142. The van der Waals surface area contributed by atoms with E-state index >= 15 is 0 Å². The molecule has 2 rings (SSSR count). The zero-order chi connectivity index (χ0) is 15.1. The van der Waals surface area contributed by atoms with Crippen molar-refractivity contribution in [1.82, 2.24) is 20.1 Å². The molecule has 1 saturated heterocycles. The molecule has 116 valence electrons. The third-order valence-corrected chi connectivity index (χ3v) is 3.93. The summed E-state index contributed by atoms with van der Waals surface area (Å²) in [4.78, 5) is 20.8. The topological polar surface area (TPSA) is 74.5 Å². The quantitative estimate of drug-likeness (QED) is 0.743. The first-order valence-electron chi connectivity index (χ1n) is 7.64. The average Bonchev–Trinajstić information content (AvgIpc) is 2.52. The summed E-state index contributed by atoms with van der Waals surface area (Å²) in [5.74, 6) is 0.141. The molecule has 21 heavy (non-hydrogen) atoms. The van der Waals surface area contributed by atoms with Crippen molar-refractivity contribution >= 4 is 11.7 Å². The lowest BCUT2D eigenvalue weighted by atomic mass is 10.2. The minimum absolute atomic E-state index is 0.142. The summed E-state index contributed by atoms with van der Waals surface area (Å²) >= 11 is 0. The maximum absolute atomic E-state index is 11.9. The SMILES string of the molecule is CCN1CCN(CCCNC(=O)c2cccnc2N)CC1. The summed E-state index contributed by atoms with van der Waals surface area (Å²) in [6, 6.07) is 3.42. The van der Waals surface area contributed by atoms with E-state index in [4.69, 9.17) is 5.73 Å². The Kier molecular flexibility index (Phi) is 5.95. The minimum Gasteiger partial charge on any atom is -0.383 e. The predicted molar refractivity (Wildman–Crippen MR) is 84.2 cm³/mol. The number of nitrogens with two attached hydrogens (primary N) is 1. The first-order valence-corrected chi connectivity index (χ1v) is 7.64. The van der Waals surface area contributed by atoms with Crippen LogP contribution >= 0.6 is 0 Å². The second-order valence-corrected chi connectivity index (χ2v) is 5.32. The Morgan fingerprint density at radius 2 is 2.05 bits per heavy atom. The van der Waals surface area contributed by atoms with E-state index in [1.54, 1.807) is 18.3 Å². The molecule has 1 aliphatic rings. The molecule has 0 aromatic carbocycles. The molecule has 1 amide bonds. The maximum atomic E-state index is 11.9. The van der Waals surface area contributed by atoms with Gasteiger partial charge in [0.2, 0.25) is 0 Å². The summed E-state index contributed by atoms with van der Waals surface area (Å²) in [5.41, 5.74) is 6.14. The average molecular weight is 291 g/mol. The lowest BCUT2D eigenvalue weighted by molar-refractivity contribution is 0.0949. The number of aromatic nitrogens is 1. The molecule has 0 saturated carbocycles. The number of carbonyl (C=O) groups is 1. The number of anilines is 1. The van der Waals surface area contributed by atoms with E-state index in [9.17, 15) is 4.79 Å². The summed E-state index contributed by atoms with van der Waals surface area (Å²) in [5, 5.41) is 2.90. The van der Waals surface area contributed by atoms with Crippen LogP contribution in [0.5, 0.6) is 0 Å². The fourth-order valence-electron chi connectivity index (χ4n) is 2.54. The van der Waals surface area contributed by atoms with Crippen molar-refractivity contribution in [1.29, 1.82) is 0 Å². The second kappa shape index (κ2) is 7.95. The molecule has 0 unspecified atom stereocenters. The molecule has 1 aromatic heterocycles. The molecule has 0 aliphatic carbocycles. The highest BCUT2D eigenvalue weighted by atomic mass is 16.1. The lowest BCUT2D eigenvalue weighted by Crippen LogP contribution is -2.46. The molecular weight excluding hydrogens is 266 g/mol. The van der Waals surface area contributed by atoms with Crippen molar-refractivity contribution in [3.05, 3.63) is 23.9 Å². The molecule has 1 aliphatic heterocycles. The maximum Gasteiger partial charge on any atom is 0.255 e. The lowest BCUT2D eigenvalue weighted by Gasteiger charge is -2.33. The third kappa shape index (κ3) is 4.68. The Bertz CT molecular complexity index is 457. The fraction of sp³-hybridized carbons (Fsp3) is 0.600. The van der Waals surface area contributed by atoms with Crippen LogP contribution in [0.4, 0.5) is 5.82 Å². The van der Waals surface area contributed by atoms with E-state index in [1.807, 2.05) is 0 Å². The van der Waals surface area contributed by atoms with Crippen LogP contribution in [0, 0.1) is 0 Å². The van der Waals surface area contributed by atoms with Gasteiger partial charge in [-0.2, -0.15) is 0 Å². The van der Waals surface area contributed by atoms with Crippen molar-refractivity contribution < 1.29 is 4.79 Å².